The lowest BCUT2D eigenvalue weighted by atomic mass is 9.94. The first kappa shape index (κ1) is 18.1. The maximum Gasteiger partial charge on any atom is 0.336 e. The van der Waals surface area contributed by atoms with Crippen LogP contribution < -0.4 is 4.74 Å². The Morgan fingerprint density at radius 2 is 2.18 bits per heavy atom. The second-order valence-electron chi connectivity index (χ2n) is 7.34. The van der Waals surface area contributed by atoms with Gasteiger partial charge in [-0.05, 0) is 31.5 Å². The Labute approximate surface area is 175 Å². The zero-order valence-electron chi connectivity index (χ0n) is 15.2. The number of hydrogen-bond donors (Lipinski definition) is 0. The molecule has 0 radical (unpaired) electrons. The Morgan fingerprint density at radius 3 is 3.00 bits per heavy atom. The van der Waals surface area contributed by atoms with Crippen LogP contribution in [0.1, 0.15) is 29.9 Å². The van der Waals surface area contributed by atoms with Crippen molar-refractivity contribution in [3.63, 3.8) is 0 Å². The molecule has 0 N–H and O–H groups in total. The molecule has 1 aromatic carbocycles. The normalized spacial score (nSPS) is 15.9. The monoisotopic (exact) mass is 434 g/mol. The van der Waals surface area contributed by atoms with Crippen molar-refractivity contribution < 1.29 is 9.47 Å². The lowest BCUT2D eigenvalue weighted by Crippen LogP contribution is -2.31. The average Bonchev–Trinajstić information content (AvgIpc) is 3.20. The molecule has 1 aliphatic heterocycles. The fraction of sp³-hybridized carbons (Fsp3) is 0.316. The van der Waals surface area contributed by atoms with Gasteiger partial charge in [0.15, 0.2) is 5.65 Å². The summed E-state index contributed by atoms with van der Waals surface area (Å²) in [7, 11) is 0. The zero-order valence-corrected chi connectivity index (χ0v) is 17.5. The second-order valence-corrected chi connectivity index (χ2v) is 9.27. The highest BCUT2D eigenvalue weighted by Crippen LogP contribution is 2.39. The molecule has 0 fully saturated rings. The summed E-state index contributed by atoms with van der Waals surface area (Å²) in [6.07, 6.45) is 2.48. The van der Waals surface area contributed by atoms with E-state index in [-0.39, 0.29) is 18.2 Å². The van der Waals surface area contributed by atoms with Crippen molar-refractivity contribution in [3.8, 4) is 6.01 Å². The van der Waals surface area contributed by atoms with E-state index in [1.54, 1.807) is 34.3 Å². The first-order valence-corrected chi connectivity index (χ1v) is 10.3. The number of benzene rings is 1. The quantitative estimate of drug-likeness (QED) is 0.449. The minimum absolute atomic E-state index is 0.210. The number of nitrogens with zero attached hydrogens (tertiary/aromatic N) is 4. The summed E-state index contributed by atoms with van der Waals surface area (Å²) in [6.45, 7) is 5.05. The van der Waals surface area contributed by atoms with Crippen LogP contribution >= 0.6 is 34.5 Å². The fourth-order valence-electron chi connectivity index (χ4n) is 3.36. The molecule has 0 unspecified atom stereocenters. The van der Waals surface area contributed by atoms with Gasteiger partial charge in [0.2, 0.25) is 0 Å². The maximum absolute atomic E-state index is 6.21. The standard InChI is InChI=1S/C19H16Cl2N4O2S/c1-19(2)6-12-14(8-27-19)28-17-15(12)16-23-18(24-25(16)9-22-17)26-7-10-3-4-11(20)5-13(10)21/h3-5,9H,6-8H2,1-2H3. The summed E-state index contributed by atoms with van der Waals surface area (Å²) >= 11 is 13.8. The summed E-state index contributed by atoms with van der Waals surface area (Å²) in [5, 5.41) is 6.58. The van der Waals surface area contributed by atoms with Gasteiger partial charge in [-0.3, -0.25) is 0 Å². The van der Waals surface area contributed by atoms with Crippen LogP contribution in [0, 0.1) is 0 Å². The van der Waals surface area contributed by atoms with Gasteiger partial charge in [0.1, 0.15) is 17.8 Å². The van der Waals surface area contributed by atoms with Crippen LogP contribution in [-0.4, -0.2) is 25.2 Å². The van der Waals surface area contributed by atoms with Gasteiger partial charge >= 0.3 is 6.01 Å². The molecule has 0 spiro atoms. The number of hydrogen-bond acceptors (Lipinski definition) is 6. The summed E-state index contributed by atoms with van der Waals surface area (Å²) in [5.74, 6) is 0. The van der Waals surface area contributed by atoms with E-state index in [0.717, 1.165) is 27.8 Å². The Kier molecular flexibility index (Phi) is 4.24. The number of rotatable bonds is 3. The SMILES string of the molecule is CC1(C)Cc2c(sc3ncn4nc(OCc5ccc(Cl)cc5Cl)nc4c23)CO1. The molecule has 6 nitrogen and oxygen atoms in total. The molecule has 144 valence electrons. The van der Waals surface area contributed by atoms with Gasteiger partial charge in [0.05, 0.1) is 17.6 Å². The molecule has 0 atom stereocenters. The Bertz CT molecular complexity index is 1220. The van der Waals surface area contributed by atoms with Crippen molar-refractivity contribution in [2.24, 2.45) is 0 Å². The predicted octanol–water partition coefficient (Wildman–Crippen LogP) is 5.08. The van der Waals surface area contributed by atoms with E-state index in [1.165, 1.54) is 10.4 Å². The third-order valence-corrected chi connectivity index (χ3v) is 6.46. The van der Waals surface area contributed by atoms with E-state index in [9.17, 15) is 0 Å². The number of ether oxygens (including phenoxy) is 2. The molecule has 9 heteroatoms. The highest BCUT2D eigenvalue weighted by Gasteiger charge is 2.30. The van der Waals surface area contributed by atoms with Gasteiger partial charge in [-0.15, -0.1) is 16.4 Å². The van der Waals surface area contributed by atoms with E-state index < -0.39 is 0 Å². The highest BCUT2D eigenvalue weighted by molar-refractivity contribution is 7.19. The topological polar surface area (TPSA) is 61.5 Å². The smallest absolute Gasteiger partial charge is 0.336 e. The van der Waals surface area contributed by atoms with E-state index in [2.05, 4.69) is 28.9 Å². The molecule has 28 heavy (non-hydrogen) atoms. The molecule has 1 aliphatic rings. The summed E-state index contributed by atoms with van der Waals surface area (Å²) in [6, 6.07) is 5.58. The lowest BCUT2D eigenvalue weighted by molar-refractivity contribution is -0.0379. The largest absolute Gasteiger partial charge is 0.457 e. The van der Waals surface area contributed by atoms with Crippen molar-refractivity contribution >= 4 is 50.4 Å². The zero-order chi connectivity index (χ0) is 19.5. The maximum atomic E-state index is 6.21. The first-order chi connectivity index (χ1) is 13.4. The molecular formula is C19H16Cl2N4O2S. The van der Waals surface area contributed by atoms with E-state index in [1.807, 2.05) is 6.07 Å². The fourth-order valence-corrected chi connectivity index (χ4v) is 4.89. The molecule has 5 rings (SSSR count). The Balaban J connectivity index is 1.52. The van der Waals surface area contributed by atoms with E-state index in [0.29, 0.717) is 16.7 Å². The van der Waals surface area contributed by atoms with Crippen LogP contribution in [0.15, 0.2) is 24.5 Å². The molecule has 0 bridgehead atoms. The number of thiophene rings is 1. The molecular weight excluding hydrogens is 419 g/mol. The van der Waals surface area contributed by atoms with Crippen LogP contribution in [0.3, 0.4) is 0 Å². The van der Waals surface area contributed by atoms with Crippen molar-refractivity contribution in [2.75, 3.05) is 0 Å². The van der Waals surface area contributed by atoms with Crippen LogP contribution in [0.5, 0.6) is 6.01 Å². The third kappa shape index (κ3) is 3.12. The van der Waals surface area contributed by atoms with Crippen molar-refractivity contribution in [3.05, 3.63) is 50.6 Å². The summed E-state index contributed by atoms with van der Waals surface area (Å²) < 4.78 is 13.4. The molecule has 0 saturated heterocycles. The van der Waals surface area contributed by atoms with Gasteiger partial charge in [-0.1, -0.05) is 29.3 Å². The second kappa shape index (κ2) is 6.56. The molecule has 4 heterocycles. The van der Waals surface area contributed by atoms with Crippen molar-refractivity contribution in [1.82, 2.24) is 19.6 Å². The summed E-state index contributed by atoms with van der Waals surface area (Å²) in [5.41, 5.74) is 2.60. The van der Waals surface area contributed by atoms with Crippen LogP contribution in [0.25, 0.3) is 15.9 Å². The van der Waals surface area contributed by atoms with Crippen LogP contribution in [0.4, 0.5) is 0 Å². The molecule has 0 amide bonds. The van der Waals surface area contributed by atoms with Crippen molar-refractivity contribution in [1.29, 1.82) is 0 Å². The van der Waals surface area contributed by atoms with Gasteiger partial charge in [0.25, 0.3) is 0 Å². The first-order valence-electron chi connectivity index (χ1n) is 8.76. The molecule has 0 aliphatic carbocycles. The number of halogens is 2. The Hall–Kier alpha value is -1.93. The Morgan fingerprint density at radius 1 is 1.32 bits per heavy atom. The van der Waals surface area contributed by atoms with Gasteiger partial charge in [-0.2, -0.15) is 9.50 Å². The van der Waals surface area contributed by atoms with Gasteiger partial charge < -0.3 is 9.47 Å². The predicted molar refractivity (Wildman–Crippen MR) is 110 cm³/mol. The molecule has 3 aromatic heterocycles. The van der Waals surface area contributed by atoms with Gasteiger partial charge in [0, 0.05) is 26.9 Å². The van der Waals surface area contributed by atoms with Crippen molar-refractivity contribution in [2.45, 2.75) is 39.1 Å². The lowest BCUT2D eigenvalue weighted by Gasteiger charge is -2.30. The van der Waals surface area contributed by atoms with E-state index >= 15 is 0 Å². The molecule has 0 saturated carbocycles. The van der Waals surface area contributed by atoms with E-state index in [4.69, 9.17) is 32.7 Å². The minimum atomic E-state index is -0.210. The third-order valence-electron chi connectivity index (χ3n) is 4.76. The van der Waals surface area contributed by atoms with Gasteiger partial charge in [-0.25, -0.2) is 4.98 Å². The summed E-state index contributed by atoms with van der Waals surface area (Å²) in [4.78, 5) is 11.3. The molecule has 4 aromatic rings. The highest BCUT2D eigenvalue weighted by atomic mass is 35.5. The minimum Gasteiger partial charge on any atom is -0.457 e. The number of fused-ring (bicyclic) bond motifs is 5. The number of aromatic nitrogens is 4. The average molecular weight is 435 g/mol. The van der Waals surface area contributed by atoms with Crippen LogP contribution in [0.2, 0.25) is 10.0 Å². The van der Waals surface area contributed by atoms with Crippen LogP contribution in [-0.2, 0) is 24.4 Å².